The number of sulfone groups is 1. The standard InChI is InChI=1S/C19H23N5O3S/c1-11-8-12(23-17-15(28(2,26)27)16(20)21-10-22-17)9-13-14(11)18(25)24-19(13)6-4-3-5-7-19/h8-10H,3-7H2,1-2H3,(H,24,25)(H3,20,21,22,23). The molecule has 8 nitrogen and oxygen atoms in total. The molecular formula is C19H23N5O3S. The smallest absolute Gasteiger partial charge is 0.252 e. The lowest BCUT2D eigenvalue weighted by atomic mass is 9.77. The highest BCUT2D eigenvalue weighted by Crippen LogP contribution is 2.44. The summed E-state index contributed by atoms with van der Waals surface area (Å²) >= 11 is 0. The lowest BCUT2D eigenvalue weighted by Gasteiger charge is -2.34. The van der Waals surface area contributed by atoms with Crippen LogP contribution in [0.1, 0.15) is 53.6 Å². The van der Waals surface area contributed by atoms with Crippen LogP contribution < -0.4 is 16.4 Å². The van der Waals surface area contributed by atoms with E-state index < -0.39 is 9.84 Å². The Morgan fingerprint density at radius 3 is 2.57 bits per heavy atom. The van der Waals surface area contributed by atoms with Gasteiger partial charge in [-0.25, -0.2) is 18.4 Å². The van der Waals surface area contributed by atoms with Gasteiger partial charge in [0.2, 0.25) is 0 Å². The number of anilines is 3. The van der Waals surface area contributed by atoms with Gasteiger partial charge in [0.05, 0.1) is 5.54 Å². The molecule has 9 heteroatoms. The number of hydrogen-bond acceptors (Lipinski definition) is 7. The Kier molecular flexibility index (Phi) is 4.29. The number of carbonyl (C=O) groups excluding carboxylic acids is 1. The van der Waals surface area contributed by atoms with E-state index in [1.807, 2.05) is 19.1 Å². The van der Waals surface area contributed by atoms with Crippen LogP contribution >= 0.6 is 0 Å². The largest absolute Gasteiger partial charge is 0.382 e. The number of nitrogens with two attached hydrogens (primary N) is 1. The molecule has 4 rings (SSSR count). The Morgan fingerprint density at radius 1 is 1.18 bits per heavy atom. The van der Waals surface area contributed by atoms with Gasteiger partial charge in [0.15, 0.2) is 20.6 Å². The Balaban J connectivity index is 1.81. The van der Waals surface area contributed by atoms with Crippen molar-refractivity contribution in [2.75, 3.05) is 17.3 Å². The molecule has 28 heavy (non-hydrogen) atoms. The highest BCUT2D eigenvalue weighted by Gasteiger charge is 2.44. The fourth-order valence-corrected chi connectivity index (χ4v) is 5.30. The first-order chi connectivity index (χ1) is 13.2. The summed E-state index contributed by atoms with van der Waals surface area (Å²) in [4.78, 5) is 20.4. The van der Waals surface area contributed by atoms with Gasteiger partial charge in [0.25, 0.3) is 5.91 Å². The van der Waals surface area contributed by atoms with E-state index in [0.717, 1.165) is 48.6 Å². The average molecular weight is 401 g/mol. The molecule has 1 aliphatic heterocycles. The monoisotopic (exact) mass is 401 g/mol. The van der Waals surface area contributed by atoms with Crippen LogP contribution in [0, 0.1) is 6.92 Å². The zero-order valence-corrected chi connectivity index (χ0v) is 16.7. The predicted molar refractivity (Wildman–Crippen MR) is 106 cm³/mol. The van der Waals surface area contributed by atoms with Crippen LogP contribution in [-0.2, 0) is 15.4 Å². The molecule has 2 heterocycles. The fourth-order valence-electron chi connectivity index (χ4n) is 4.41. The minimum Gasteiger partial charge on any atom is -0.382 e. The zero-order valence-electron chi connectivity index (χ0n) is 15.9. The first-order valence-electron chi connectivity index (χ1n) is 9.26. The Morgan fingerprint density at radius 2 is 1.89 bits per heavy atom. The molecule has 148 valence electrons. The van der Waals surface area contributed by atoms with E-state index in [1.54, 1.807) is 0 Å². The molecule has 0 atom stereocenters. The molecule has 0 unspecified atom stereocenters. The van der Waals surface area contributed by atoms with Crippen molar-refractivity contribution in [2.45, 2.75) is 49.5 Å². The molecule has 1 aromatic carbocycles. The molecule has 4 N–H and O–H groups in total. The number of nitrogens with one attached hydrogen (secondary N) is 2. The van der Waals surface area contributed by atoms with E-state index >= 15 is 0 Å². The second kappa shape index (κ2) is 6.44. The summed E-state index contributed by atoms with van der Waals surface area (Å²) in [6.07, 6.45) is 7.41. The van der Waals surface area contributed by atoms with Crippen LogP contribution in [0.25, 0.3) is 0 Å². The number of fused-ring (bicyclic) bond motifs is 2. The molecule has 1 amide bonds. The van der Waals surface area contributed by atoms with E-state index in [1.165, 1.54) is 12.7 Å². The van der Waals surface area contributed by atoms with Gasteiger partial charge in [0, 0.05) is 17.5 Å². The van der Waals surface area contributed by atoms with Crippen LogP contribution in [0.5, 0.6) is 0 Å². The number of carbonyl (C=O) groups is 1. The highest BCUT2D eigenvalue weighted by atomic mass is 32.2. The third-order valence-corrected chi connectivity index (χ3v) is 6.75. The molecule has 1 aromatic heterocycles. The van der Waals surface area contributed by atoms with Crippen molar-refractivity contribution in [2.24, 2.45) is 0 Å². The van der Waals surface area contributed by atoms with Crippen LogP contribution in [-0.4, -0.2) is 30.5 Å². The second-order valence-corrected chi connectivity index (χ2v) is 9.60. The molecule has 1 saturated carbocycles. The molecule has 1 fully saturated rings. The van der Waals surface area contributed by atoms with Crippen molar-refractivity contribution in [3.05, 3.63) is 35.2 Å². The van der Waals surface area contributed by atoms with E-state index in [2.05, 4.69) is 20.6 Å². The van der Waals surface area contributed by atoms with Gasteiger partial charge in [-0.2, -0.15) is 0 Å². The van der Waals surface area contributed by atoms with E-state index in [-0.39, 0.29) is 28.0 Å². The highest BCUT2D eigenvalue weighted by molar-refractivity contribution is 7.91. The van der Waals surface area contributed by atoms with Gasteiger partial charge in [-0.05, 0) is 43.0 Å². The van der Waals surface area contributed by atoms with Crippen molar-refractivity contribution in [3.63, 3.8) is 0 Å². The summed E-state index contributed by atoms with van der Waals surface area (Å²) in [6, 6.07) is 3.75. The maximum atomic E-state index is 12.6. The van der Waals surface area contributed by atoms with Crippen LogP contribution in [0.2, 0.25) is 0 Å². The molecular weight excluding hydrogens is 378 g/mol. The van der Waals surface area contributed by atoms with Gasteiger partial charge < -0.3 is 16.4 Å². The van der Waals surface area contributed by atoms with Crippen LogP contribution in [0.4, 0.5) is 17.3 Å². The topological polar surface area (TPSA) is 127 Å². The number of hydrogen-bond donors (Lipinski definition) is 3. The number of rotatable bonds is 3. The Labute approximate surface area is 163 Å². The quantitative estimate of drug-likeness (QED) is 0.721. The number of aryl methyl sites for hydroxylation is 1. The van der Waals surface area contributed by atoms with E-state index in [4.69, 9.17) is 5.73 Å². The maximum absolute atomic E-state index is 12.6. The summed E-state index contributed by atoms with van der Waals surface area (Å²) in [7, 11) is -3.62. The third kappa shape index (κ3) is 2.99. The van der Waals surface area contributed by atoms with Crippen LogP contribution in [0.3, 0.4) is 0 Å². The second-order valence-electron chi connectivity index (χ2n) is 7.65. The summed E-state index contributed by atoms with van der Waals surface area (Å²) in [6.45, 7) is 1.89. The number of aromatic nitrogens is 2. The first kappa shape index (κ1) is 18.7. The molecule has 1 aliphatic carbocycles. The zero-order chi connectivity index (χ0) is 20.1. The summed E-state index contributed by atoms with van der Waals surface area (Å²) in [5, 5.41) is 6.28. The SMILES string of the molecule is Cc1cc(Nc2ncnc(N)c2S(C)(=O)=O)cc2c1C(=O)NC21CCCCC1. The molecule has 0 saturated heterocycles. The fraction of sp³-hybridized carbons (Fsp3) is 0.421. The van der Waals surface area contributed by atoms with Crippen molar-refractivity contribution >= 4 is 33.1 Å². The van der Waals surface area contributed by atoms with E-state index in [9.17, 15) is 13.2 Å². The van der Waals surface area contributed by atoms with Crippen molar-refractivity contribution in [1.29, 1.82) is 0 Å². The van der Waals surface area contributed by atoms with E-state index in [0.29, 0.717) is 5.69 Å². The minimum absolute atomic E-state index is 0.0379. The number of benzene rings is 1. The molecule has 2 aromatic rings. The third-order valence-electron chi connectivity index (χ3n) is 5.60. The van der Waals surface area contributed by atoms with Gasteiger partial charge in [0.1, 0.15) is 12.1 Å². The molecule has 2 aliphatic rings. The molecule has 0 bridgehead atoms. The predicted octanol–water partition coefficient (Wildman–Crippen LogP) is 2.42. The molecule has 1 spiro atoms. The molecule has 0 radical (unpaired) electrons. The maximum Gasteiger partial charge on any atom is 0.252 e. The lowest BCUT2D eigenvalue weighted by molar-refractivity contribution is 0.0909. The van der Waals surface area contributed by atoms with Crippen molar-refractivity contribution in [3.8, 4) is 0 Å². The van der Waals surface area contributed by atoms with Gasteiger partial charge in [-0.1, -0.05) is 19.3 Å². The Bertz CT molecular complexity index is 1080. The Hall–Kier alpha value is -2.68. The number of amides is 1. The van der Waals surface area contributed by atoms with Crippen LogP contribution in [0.15, 0.2) is 23.4 Å². The van der Waals surface area contributed by atoms with Gasteiger partial charge in [-0.3, -0.25) is 4.79 Å². The summed E-state index contributed by atoms with van der Waals surface area (Å²) in [5.74, 6) is -0.00754. The summed E-state index contributed by atoms with van der Waals surface area (Å²) in [5.41, 5.74) is 8.65. The van der Waals surface area contributed by atoms with Crippen molar-refractivity contribution < 1.29 is 13.2 Å². The number of nitrogen functional groups attached to an aromatic ring is 1. The van der Waals surface area contributed by atoms with Gasteiger partial charge in [-0.15, -0.1) is 0 Å². The lowest BCUT2D eigenvalue weighted by Crippen LogP contribution is -2.40. The average Bonchev–Trinajstić information content (AvgIpc) is 2.86. The summed E-state index contributed by atoms with van der Waals surface area (Å²) < 4.78 is 24.3. The first-order valence-corrected chi connectivity index (χ1v) is 11.2. The van der Waals surface area contributed by atoms with Crippen molar-refractivity contribution in [1.82, 2.24) is 15.3 Å². The van der Waals surface area contributed by atoms with Gasteiger partial charge >= 0.3 is 0 Å². The normalized spacial score (nSPS) is 18.0. The number of nitrogens with zero attached hydrogens (tertiary/aromatic N) is 2. The minimum atomic E-state index is -3.62.